The van der Waals surface area contributed by atoms with Crippen LogP contribution in [0.5, 0.6) is 11.5 Å². The van der Waals surface area contributed by atoms with Crippen molar-refractivity contribution >= 4 is 40.7 Å². The van der Waals surface area contributed by atoms with Crippen LogP contribution in [-0.4, -0.2) is 31.6 Å². The smallest absolute Gasteiger partial charge is 0.227 e. The third-order valence-electron chi connectivity index (χ3n) is 4.80. The van der Waals surface area contributed by atoms with Gasteiger partial charge in [0.25, 0.3) is 0 Å². The van der Waals surface area contributed by atoms with E-state index in [1.807, 2.05) is 0 Å². The molecule has 8 heteroatoms. The molecule has 28 heavy (non-hydrogen) atoms. The van der Waals surface area contributed by atoms with E-state index in [1.165, 1.54) is 0 Å². The SMILES string of the molecule is O=C(NCc1ccc(Cl)cc1Cl)[C@H]1CC(=O)N(c2ccc3c(c2)OCCO3)C1. The van der Waals surface area contributed by atoms with Crippen LogP contribution in [0, 0.1) is 5.92 Å². The van der Waals surface area contributed by atoms with Gasteiger partial charge in [-0.05, 0) is 29.8 Å². The number of ether oxygens (including phenoxy) is 2. The van der Waals surface area contributed by atoms with Gasteiger partial charge in [-0.3, -0.25) is 9.59 Å². The molecule has 1 N–H and O–H groups in total. The van der Waals surface area contributed by atoms with Gasteiger partial charge in [-0.15, -0.1) is 0 Å². The molecule has 0 radical (unpaired) electrons. The summed E-state index contributed by atoms with van der Waals surface area (Å²) < 4.78 is 11.1. The van der Waals surface area contributed by atoms with Gasteiger partial charge in [0.1, 0.15) is 13.2 Å². The quantitative estimate of drug-likeness (QED) is 0.822. The van der Waals surface area contributed by atoms with Crippen LogP contribution in [0.4, 0.5) is 5.69 Å². The van der Waals surface area contributed by atoms with Crippen LogP contribution in [0.25, 0.3) is 0 Å². The Morgan fingerprint density at radius 2 is 1.89 bits per heavy atom. The van der Waals surface area contributed by atoms with Crippen molar-refractivity contribution in [1.82, 2.24) is 5.32 Å². The average Bonchev–Trinajstić information content (AvgIpc) is 3.08. The molecule has 1 saturated heterocycles. The van der Waals surface area contributed by atoms with Crippen LogP contribution in [0.2, 0.25) is 10.0 Å². The molecule has 0 unspecified atom stereocenters. The molecule has 2 aliphatic heterocycles. The van der Waals surface area contributed by atoms with Gasteiger partial charge in [-0.2, -0.15) is 0 Å². The van der Waals surface area contributed by atoms with Crippen molar-refractivity contribution in [1.29, 1.82) is 0 Å². The molecule has 0 aromatic heterocycles. The number of hydrogen-bond acceptors (Lipinski definition) is 4. The summed E-state index contributed by atoms with van der Waals surface area (Å²) in [4.78, 5) is 26.6. The van der Waals surface area contributed by atoms with Crippen molar-refractivity contribution in [3.8, 4) is 11.5 Å². The van der Waals surface area contributed by atoms with Crippen molar-refractivity contribution in [3.63, 3.8) is 0 Å². The highest BCUT2D eigenvalue weighted by Crippen LogP contribution is 2.36. The highest BCUT2D eigenvalue weighted by atomic mass is 35.5. The summed E-state index contributed by atoms with van der Waals surface area (Å²) in [5, 5.41) is 3.89. The molecule has 2 aromatic rings. The molecular formula is C20H18Cl2N2O4. The van der Waals surface area contributed by atoms with Crippen molar-refractivity contribution in [3.05, 3.63) is 52.0 Å². The van der Waals surface area contributed by atoms with E-state index < -0.39 is 5.92 Å². The standard InChI is InChI=1S/C20H18Cl2N2O4/c21-14-2-1-12(16(22)8-14)10-23-20(26)13-7-19(25)24(11-13)15-3-4-17-18(9-15)28-6-5-27-17/h1-4,8-9,13H,5-7,10-11H2,(H,23,26)/t13-/m0/s1. The molecule has 6 nitrogen and oxygen atoms in total. The van der Waals surface area contributed by atoms with Crippen LogP contribution in [0.15, 0.2) is 36.4 Å². The van der Waals surface area contributed by atoms with Gasteiger partial charge in [-0.25, -0.2) is 0 Å². The lowest BCUT2D eigenvalue weighted by Gasteiger charge is -2.22. The molecule has 2 aliphatic rings. The zero-order valence-electron chi connectivity index (χ0n) is 14.9. The first-order valence-electron chi connectivity index (χ1n) is 8.93. The molecule has 0 aliphatic carbocycles. The molecule has 0 spiro atoms. The van der Waals surface area contributed by atoms with Gasteiger partial charge < -0.3 is 19.7 Å². The third-order valence-corrected chi connectivity index (χ3v) is 5.39. The Morgan fingerprint density at radius 1 is 1.11 bits per heavy atom. The number of benzene rings is 2. The minimum atomic E-state index is -0.424. The van der Waals surface area contributed by atoms with E-state index in [2.05, 4.69) is 5.32 Å². The second kappa shape index (κ2) is 7.89. The fourth-order valence-electron chi connectivity index (χ4n) is 3.32. The van der Waals surface area contributed by atoms with E-state index >= 15 is 0 Å². The molecule has 146 valence electrons. The number of carbonyl (C=O) groups excluding carboxylic acids is 2. The van der Waals surface area contributed by atoms with Crippen LogP contribution >= 0.6 is 23.2 Å². The van der Waals surface area contributed by atoms with Crippen molar-refractivity contribution in [2.75, 3.05) is 24.7 Å². The number of carbonyl (C=O) groups is 2. The van der Waals surface area contributed by atoms with Gasteiger partial charge in [0.05, 0.1) is 5.92 Å². The summed E-state index contributed by atoms with van der Waals surface area (Å²) in [6.45, 7) is 1.58. The number of nitrogens with zero attached hydrogens (tertiary/aromatic N) is 1. The predicted molar refractivity (Wildman–Crippen MR) is 106 cm³/mol. The van der Waals surface area contributed by atoms with E-state index in [0.717, 1.165) is 5.56 Å². The first-order chi connectivity index (χ1) is 13.5. The number of fused-ring (bicyclic) bond motifs is 1. The second-order valence-electron chi connectivity index (χ2n) is 6.69. The Bertz CT molecular complexity index is 934. The number of nitrogens with one attached hydrogen (secondary N) is 1. The zero-order valence-corrected chi connectivity index (χ0v) is 16.4. The summed E-state index contributed by atoms with van der Waals surface area (Å²) in [5.74, 6) is 0.574. The van der Waals surface area contributed by atoms with E-state index in [9.17, 15) is 9.59 Å². The molecular weight excluding hydrogens is 403 g/mol. The molecule has 1 fully saturated rings. The normalized spacial score (nSPS) is 18.3. The fourth-order valence-corrected chi connectivity index (χ4v) is 3.80. The summed E-state index contributed by atoms with van der Waals surface area (Å²) in [7, 11) is 0. The Hall–Kier alpha value is -2.44. The first-order valence-corrected chi connectivity index (χ1v) is 9.68. The van der Waals surface area contributed by atoms with Crippen LogP contribution in [0.3, 0.4) is 0 Å². The van der Waals surface area contributed by atoms with Crippen LogP contribution < -0.4 is 19.7 Å². The predicted octanol–water partition coefficient (Wildman–Crippen LogP) is 3.43. The molecule has 2 heterocycles. The fraction of sp³-hybridized carbons (Fsp3) is 0.300. The maximum Gasteiger partial charge on any atom is 0.227 e. The Labute approximate surface area is 172 Å². The van der Waals surface area contributed by atoms with E-state index in [1.54, 1.807) is 41.3 Å². The summed E-state index contributed by atoms with van der Waals surface area (Å²) in [6, 6.07) is 10.5. The monoisotopic (exact) mass is 420 g/mol. The Kier molecular flexibility index (Phi) is 5.33. The van der Waals surface area contributed by atoms with Gasteiger partial charge >= 0.3 is 0 Å². The topological polar surface area (TPSA) is 67.9 Å². The molecule has 0 saturated carbocycles. The number of amides is 2. The zero-order chi connectivity index (χ0) is 19.7. The number of anilines is 1. The Balaban J connectivity index is 1.40. The number of halogens is 2. The average molecular weight is 421 g/mol. The molecule has 4 rings (SSSR count). The maximum absolute atomic E-state index is 12.5. The van der Waals surface area contributed by atoms with E-state index in [4.69, 9.17) is 32.7 Å². The van der Waals surface area contributed by atoms with Gasteiger partial charge in [0.15, 0.2) is 11.5 Å². The lowest BCUT2D eigenvalue weighted by Crippen LogP contribution is -2.32. The minimum Gasteiger partial charge on any atom is -0.486 e. The van der Waals surface area contributed by atoms with Crippen LogP contribution in [0.1, 0.15) is 12.0 Å². The minimum absolute atomic E-state index is 0.0960. The van der Waals surface area contributed by atoms with E-state index in [0.29, 0.717) is 47.0 Å². The first kappa shape index (κ1) is 18.9. The van der Waals surface area contributed by atoms with Gasteiger partial charge in [0.2, 0.25) is 11.8 Å². The molecule has 0 bridgehead atoms. The lowest BCUT2D eigenvalue weighted by atomic mass is 10.1. The summed E-state index contributed by atoms with van der Waals surface area (Å²) >= 11 is 12.0. The molecule has 2 amide bonds. The summed E-state index contributed by atoms with van der Waals surface area (Å²) in [6.07, 6.45) is 0.161. The Morgan fingerprint density at radius 3 is 2.68 bits per heavy atom. The molecule has 1 atom stereocenters. The van der Waals surface area contributed by atoms with Crippen molar-refractivity contribution in [2.45, 2.75) is 13.0 Å². The second-order valence-corrected chi connectivity index (χ2v) is 7.53. The van der Waals surface area contributed by atoms with Crippen molar-refractivity contribution in [2.24, 2.45) is 5.92 Å². The van der Waals surface area contributed by atoms with Gasteiger partial charge in [-0.1, -0.05) is 29.3 Å². The van der Waals surface area contributed by atoms with E-state index in [-0.39, 0.29) is 24.8 Å². The largest absolute Gasteiger partial charge is 0.486 e. The molecule has 2 aromatic carbocycles. The third kappa shape index (κ3) is 3.88. The van der Waals surface area contributed by atoms with Crippen LogP contribution in [-0.2, 0) is 16.1 Å². The van der Waals surface area contributed by atoms with Crippen molar-refractivity contribution < 1.29 is 19.1 Å². The highest BCUT2D eigenvalue weighted by molar-refractivity contribution is 6.35. The summed E-state index contributed by atoms with van der Waals surface area (Å²) in [5.41, 5.74) is 1.47. The number of hydrogen-bond donors (Lipinski definition) is 1. The number of rotatable bonds is 4. The maximum atomic E-state index is 12.5. The highest BCUT2D eigenvalue weighted by Gasteiger charge is 2.35. The lowest BCUT2D eigenvalue weighted by molar-refractivity contribution is -0.126. The van der Waals surface area contributed by atoms with Gasteiger partial charge in [0, 0.05) is 41.3 Å².